The van der Waals surface area contributed by atoms with E-state index in [0.717, 1.165) is 0 Å². The van der Waals surface area contributed by atoms with Crippen molar-refractivity contribution >= 4 is 34.3 Å². The van der Waals surface area contributed by atoms with Crippen LogP contribution in [0.15, 0.2) is 59.3 Å². The Balaban J connectivity index is 1.63. The summed E-state index contributed by atoms with van der Waals surface area (Å²) in [6.07, 6.45) is 3.16. The first-order valence-electron chi connectivity index (χ1n) is 8.24. The fourth-order valence-electron chi connectivity index (χ4n) is 2.69. The summed E-state index contributed by atoms with van der Waals surface area (Å²) in [7, 11) is 1.50. The number of phenolic OH excluding ortho intramolecular Hbond substituents is 1. The van der Waals surface area contributed by atoms with E-state index in [-0.39, 0.29) is 17.5 Å². The third kappa shape index (κ3) is 3.35. The van der Waals surface area contributed by atoms with Gasteiger partial charge in [0, 0.05) is 23.5 Å². The van der Waals surface area contributed by atoms with Gasteiger partial charge in [0.2, 0.25) is 5.89 Å². The SMILES string of the molecule is COc1ccc(C(=O)Nc2ccc(O)c(-c3nc4cnccc4o3)c2)cc1Cl. The van der Waals surface area contributed by atoms with Crippen LogP contribution in [0, 0.1) is 0 Å². The number of aromatic nitrogens is 2. The van der Waals surface area contributed by atoms with E-state index >= 15 is 0 Å². The molecule has 0 saturated heterocycles. The quantitative estimate of drug-likeness (QED) is 0.493. The van der Waals surface area contributed by atoms with Gasteiger partial charge in [0.05, 0.1) is 23.9 Å². The highest BCUT2D eigenvalue weighted by atomic mass is 35.5. The number of amides is 1. The Morgan fingerprint density at radius 3 is 2.82 bits per heavy atom. The lowest BCUT2D eigenvalue weighted by Crippen LogP contribution is -2.12. The maximum Gasteiger partial charge on any atom is 0.255 e. The smallest absolute Gasteiger partial charge is 0.255 e. The summed E-state index contributed by atoms with van der Waals surface area (Å²) in [6, 6.07) is 11.0. The predicted octanol–water partition coefficient (Wildman–Crippen LogP) is 4.51. The van der Waals surface area contributed by atoms with E-state index in [1.807, 2.05) is 0 Å². The Morgan fingerprint density at radius 2 is 2.07 bits per heavy atom. The number of aromatic hydroxyl groups is 1. The first kappa shape index (κ1) is 17.8. The van der Waals surface area contributed by atoms with Crippen LogP contribution in [0.4, 0.5) is 5.69 Å². The molecule has 7 nitrogen and oxygen atoms in total. The first-order chi connectivity index (χ1) is 13.5. The molecular formula is C20H14ClN3O4. The van der Waals surface area contributed by atoms with Crippen molar-refractivity contribution in [2.24, 2.45) is 0 Å². The van der Waals surface area contributed by atoms with Gasteiger partial charge in [-0.25, -0.2) is 4.98 Å². The van der Waals surface area contributed by atoms with Crippen LogP contribution in [0.5, 0.6) is 11.5 Å². The van der Waals surface area contributed by atoms with Gasteiger partial charge in [0.25, 0.3) is 5.91 Å². The van der Waals surface area contributed by atoms with Gasteiger partial charge in [-0.15, -0.1) is 0 Å². The molecule has 140 valence electrons. The van der Waals surface area contributed by atoms with Crippen molar-refractivity contribution in [1.29, 1.82) is 0 Å². The minimum absolute atomic E-state index is 0.0231. The molecule has 2 N–H and O–H groups in total. The van der Waals surface area contributed by atoms with Crippen molar-refractivity contribution in [3.63, 3.8) is 0 Å². The van der Waals surface area contributed by atoms with Crippen LogP contribution in [0.2, 0.25) is 5.02 Å². The molecule has 0 aliphatic heterocycles. The maximum absolute atomic E-state index is 12.5. The molecule has 2 aromatic carbocycles. The fourth-order valence-corrected chi connectivity index (χ4v) is 2.95. The highest BCUT2D eigenvalue weighted by molar-refractivity contribution is 6.32. The number of phenols is 1. The summed E-state index contributed by atoms with van der Waals surface area (Å²) in [4.78, 5) is 20.8. The van der Waals surface area contributed by atoms with E-state index in [2.05, 4.69) is 15.3 Å². The molecule has 0 bridgehead atoms. The van der Waals surface area contributed by atoms with Crippen LogP contribution in [-0.2, 0) is 0 Å². The summed E-state index contributed by atoms with van der Waals surface area (Å²) >= 11 is 6.08. The van der Waals surface area contributed by atoms with Crippen LogP contribution in [0.3, 0.4) is 0 Å². The van der Waals surface area contributed by atoms with E-state index in [9.17, 15) is 9.90 Å². The number of halogens is 1. The number of anilines is 1. The topological polar surface area (TPSA) is 97.5 Å². The molecule has 2 aromatic heterocycles. The average molecular weight is 396 g/mol. The second-order valence-electron chi connectivity index (χ2n) is 5.90. The van der Waals surface area contributed by atoms with E-state index in [4.69, 9.17) is 20.8 Å². The summed E-state index contributed by atoms with van der Waals surface area (Å²) in [6.45, 7) is 0. The molecule has 0 aliphatic rings. The van der Waals surface area contributed by atoms with Crippen LogP contribution in [-0.4, -0.2) is 28.1 Å². The lowest BCUT2D eigenvalue weighted by molar-refractivity contribution is 0.102. The minimum atomic E-state index is -0.358. The Labute approximate surface area is 164 Å². The molecule has 0 unspecified atom stereocenters. The number of ether oxygens (including phenoxy) is 1. The second-order valence-corrected chi connectivity index (χ2v) is 6.30. The number of hydrogen-bond donors (Lipinski definition) is 2. The molecule has 0 fully saturated rings. The second kappa shape index (κ2) is 7.21. The number of nitrogens with one attached hydrogen (secondary N) is 1. The molecular weight excluding hydrogens is 382 g/mol. The lowest BCUT2D eigenvalue weighted by atomic mass is 10.1. The van der Waals surface area contributed by atoms with E-state index in [0.29, 0.717) is 38.7 Å². The van der Waals surface area contributed by atoms with E-state index in [1.165, 1.54) is 19.2 Å². The Morgan fingerprint density at radius 1 is 1.21 bits per heavy atom. The maximum atomic E-state index is 12.5. The van der Waals surface area contributed by atoms with Gasteiger partial charge in [0.15, 0.2) is 5.58 Å². The fraction of sp³-hybridized carbons (Fsp3) is 0.0500. The summed E-state index contributed by atoms with van der Waals surface area (Å²) < 4.78 is 10.8. The van der Waals surface area contributed by atoms with Crippen molar-refractivity contribution in [3.05, 3.63) is 65.4 Å². The highest BCUT2D eigenvalue weighted by Crippen LogP contribution is 2.33. The van der Waals surface area contributed by atoms with Crippen molar-refractivity contribution < 1.29 is 19.1 Å². The lowest BCUT2D eigenvalue weighted by Gasteiger charge is -2.09. The molecule has 0 saturated carbocycles. The third-order valence-electron chi connectivity index (χ3n) is 4.09. The highest BCUT2D eigenvalue weighted by Gasteiger charge is 2.15. The molecule has 1 amide bonds. The number of rotatable bonds is 4. The molecule has 0 radical (unpaired) electrons. The van der Waals surface area contributed by atoms with Crippen molar-refractivity contribution in [3.8, 4) is 23.0 Å². The summed E-state index contributed by atoms with van der Waals surface area (Å²) in [5, 5.41) is 13.3. The van der Waals surface area contributed by atoms with Crippen LogP contribution < -0.4 is 10.1 Å². The number of oxazole rings is 1. The number of carbonyl (C=O) groups is 1. The standard InChI is InChI=1S/C20H14ClN3O4/c1-27-17-5-2-11(8-14(17)21)19(26)23-12-3-4-16(25)13(9-12)20-24-15-10-22-7-6-18(15)28-20/h2-10,25H,1H3,(H,23,26). The zero-order valence-corrected chi connectivity index (χ0v) is 15.4. The normalized spacial score (nSPS) is 10.8. The van der Waals surface area contributed by atoms with Gasteiger partial charge in [-0.2, -0.15) is 0 Å². The molecule has 4 aromatic rings. The van der Waals surface area contributed by atoms with Gasteiger partial charge in [-0.1, -0.05) is 11.6 Å². The predicted molar refractivity (Wildman–Crippen MR) is 105 cm³/mol. The van der Waals surface area contributed by atoms with Gasteiger partial charge in [-0.05, 0) is 36.4 Å². The number of methoxy groups -OCH3 is 1. The third-order valence-corrected chi connectivity index (χ3v) is 4.38. The van der Waals surface area contributed by atoms with Crippen molar-refractivity contribution in [1.82, 2.24) is 9.97 Å². The van der Waals surface area contributed by atoms with Crippen molar-refractivity contribution in [2.45, 2.75) is 0 Å². The molecule has 0 aliphatic carbocycles. The molecule has 0 spiro atoms. The van der Waals surface area contributed by atoms with E-state index in [1.54, 1.807) is 42.7 Å². The molecule has 4 rings (SSSR count). The van der Waals surface area contributed by atoms with Crippen molar-refractivity contribution in [2.75, 3.05) is 12.4 Å². The number of fused-ring (bicyclic) bond motifs is 1. The number of carbonyl (C=O) groups excluding carboxylic acids is 1. The Hall–Kier alpha value is -3.58. The zero-order chi connectivity index (χ0) is 19.7. The number of nitrogens with zero attached hydrogens (tertiary/aromatic N) is 2. The van der Waals surface area contributed by atoms with E-state index < -0.39 is 0 Å². The van der Waals surface area contributed by atoms with Gasteiger partial charge >= 0.3 is 0 Å². The summed E-state index contributed by atoms with van der Waals surface area (Å²) in [5.74, 6) is 0.327. The van der Waals surface area contributed by atoms with Crippen LogP contribution >= 0.6 is 11.6 Å². The molecule has 2 heterocycles. The van der Waals surface area contributed by atoms with Gasteiger partial charge < -0.3 is 19.6 Å². The number of hydrogen-bond acceptors (Lipinski definition) is 6. The van der Waals surface area contributed by atoms with Crippen LogP contribution in [0.1, 0.15) is 10.4 Å². The average Bonchev–Trinajstić information content (AvgIpc) is 3.13. The Bertz CT molecular complexity index is 1160. The number of pyridine rings is 1. The van der Waals surface area contributed by atoms with Gasteiger partial charge in [-0.3, -0.25) is 9.78 Å². The van der Waals surface area contributed by atoms with Crippen LogP contribution in [0.25, 0.3) is 22.6 Å². The monoisotopic (exact) mass is 395 g/mol. The minimum Gasteiger partial charge on any atom is -0.507 e. The largest absolute Gasteiger partial charge is 0.507 e. The molecule has 0 atom stereocenters. The number of benzene rings is 2. The zero-order valence-electron chi connectivity index (χ0n) is 14.6. The Kier molecular flexibility index (Phi) is 4.58. The first-order valence-corrected chi connectivity index (χ1v) is 8.62. The molecule has 8 heteroatoms. The summed E-state index contributed by atoms with van der Waals surface area (Å²) in [5.41, 5.74) is 2.30. The van der Waals surface area contributed by atoms with Gasteiger partial charge in [0.1, 0.15) is 17.0 Å². The molecule has 28 heavy (non-hydrogen) atoms.